The minimum Gasteiger partial charge on any atom is -0.476 e. The molecule has 1 aromatic carbocycles. The van der Waals surface area contributed by atoms with Crippen molar-refractivity contribution in [2.24, 2.45) is 0 Å². The van der Waals surface area contributed by atoms with Crippen molar-refractivity contribution in [2.75, 3.05) is 5.32 Å². The molecule has 0 aliphatic carbocycles. The van der Waals surface area contributed by atoms with Crippen LogP contribution in [0.4, 0.5) is 5.13 Å². The van der Waals surface area contributed by atoms with Gasteiger partial charge in [-0.1, -0.05) is 17.7 Å². The molecule has 2 rings (SSSR count). The molecule has 2 aromatic rings. The van der Waals surface area contributed by atoms with Crippen LogP contribution in [0.25, 0.3) is 0 Å². The molecule has 0 saturated carbocycles. The quantitative estimate of drug-likeness (QED) is 0.890. The summed E-state index contributed by atoms with van der Waals surface area (Å²) in [7, 11) is 0. The predicted octanol–water partition coefficient (Wildman–Crippen LogP) is 2.40. The number of nitrogens with zero attached hydrogens (tertiary/aromatic N) is 1. The molecule has 0 spiro atoms. The highest BCUT2D eigenvalue weighted by Crippen LogP contribution is 2.16. The van der Waals surface area contributed by atoms with Gasteiger partial charge in [0.15, 0.2) is 10.8 Å². The summed E-state index contributed by atoms with van der Waals surface area (Å²) in [6, 6.07) is 7.12. The number of aromatic nitrogens is 1. The van der Waals surface area contributed by atoms with Gasteiger partial charge in [-0.05, 0) is 19.1 Å². The molecule has 2 N–H and O–H groups in total. The van der Waals surface area contributed by atoms with Crippen molar-refractivity contribution >= 4 is 28.3 Å². The maximum absolute atomic E-state index is 11.9. The molecule has 0 bridgehead atoms. The Bertz CT molecular complexity index is 607. The second kappa shape index (κ2) is 4.97. The number of carboxylic acids is 1. The highest BCUT2D eigenvalue weighted by Gasteiger charge is 2.12. The van der Waals surface area contributed by atoms with Gasteiger partial charge in [-0.3, -0.25) is 10.1 Å². The lowest BCUT2D eigenvalue weighted by molar-refractivity contribution is 0.0691. The van der Waals surface area contributed by atoms with Gasteiger partial charge in [0.1, 0.15) is 0 Å². The standard InChI is InChI=1S/C12H10N2O3S/c1-7-3-2-4-8(5-7)10(15)14-12-13-9(6-18-12)11(16)17/h2-6H,1H3,(H,16,17)(H,13,14,15). The average Bonchev–Trinajstić information content (AvgIpc) is 2.77. The number of thiazole rings is 1. The Hall–Kier alpha value is -2.21. The summed E-state index contributed by atoms with van der Waals surface area (Å²) < 4.78 is 0. The zero-order chi connectivity index (χ0) is 13.1. The minimum absolute atomic E-state index is 0.0699. The fraction of sp³-hybridized carbons (Fsp3) is 0.0833. The number of aryl methyl sites for hydroxylation is 1. The van der Waals surface area contributed by atoms with E-state index in [0.717, 1.165) is 16.9 Å². The molecule has 0 aliphatic rings. The van der Waals surface area contributed by atoms with E-state index in [1.807, 2.05) is 13.0 Å². The van der Waals surface area contributed by atoms with Gasteiger partial charge in [-0.15, -0.1) is 11.3 Å². The summed E-state index contributed by atoms with van der Waals surface area (Å²) >= 11 is 1.08. The molecule has 5 nitrogen and oxygen atoms in total. The second-order valence-electron chi connectivity index (χ2n) is 3.67. The largest absolute Gasteiger partial charge is 0.476 e. The van der Waals surface area contributed by atoms with Crippen LogP contribution in [0.15, 0.2) is 29.6 Å². The number of amides is 1. The third-order valence-electron chi connectivity index (χ3n) is 2.22. The van der Waals surface area contributed by atoms with Crippen LogP contribution in [-0.4, -0.2) is 22.0 Å². The van der Waals surface area contributed by atoms with Crippen molar-refractivity contribution in [3.8, 4) is 0 Å². The number of benzene rings is 1. The first kappa shape index (κ1) is 12.3. The molecule has 92 valence electrons. The normalized spacial score (nSPS) is 10.1. The van der Waals surface area contributed by atoms with Crippen LogP contribution in [0.1, 0.15) is 26.4 Å². The average molecular weight is 262 g/mol. The van der Waals surface area contributed by atoms with Gasteiger partial charge >= 0.3 is 5.97 Å². The van der Waals surface area contributed by atoms with Crippen molar-refractivity contribution in [1.82, 2.24) is 4.98 Å². The maximum Gasteiger partial charge on any atom is 0.355 e. The highest BCUT2D eigenvalue weighted by atomic mass is 32.1. The van der Waals surface area contributed by atoms with Crippen molar-refractivity contribution in [3.05, 3.63) is 46.5 Å². The number of aromatic carboxylic acids is 1. The highest BCUT2D eigenvalue weighted by molar-refractivity contribution is 7.14. The minimum atomic E-state index is -1.11. The molecule has 0 atom stereocenters. The molecular formula is C12H10N2O3S. The van der Waals surface area contributed by atoms with Gasteiger partial charge in [-0.2, -0.15) is 0 Å². The zero-order valence-electron chi connectivity index (χ0n) is 9.51. The SMILES string of the molecule is Cc1cccc(C(=O)Nc2nc(C(=O)O)cs2)c1. The Balaban J connectivity index is 2.13. The van der Waals surface area contributed by atoms with Crippen LogP contribution < -0.4 is 5.32 Å². The van der Waals surface area contributed by atoms with E-state index in [9.17, 15) is 9.59 Å². The lowest BCUT2D eigenvalue weighted by Gasteiger charge is -2.02. The molecular weight excluding hydrogens is 252 g/mol. The van der Waals surface area contributed by atoms with Crippen LogP contribution in [0.3, 0.4) is 0 Å². The van der Waals surface area contributed by atoms with Crippen LogP contribution >= 0.6 is 11.3 Å². The van der Waals surface area contributed by atoms with Gasteiger partial charge in [-0.25, -0.2) is 9.78 Å². The van der Waals surface area contributed by atoms with Crippen molar-refractivity contribution in [2.45, 2.75) is 6.92 Å². The lowest BCUT2D eigenvalue weighted by atomic mass is 10.1. The first-order valence-corrected chi connectivity index (χ1v) is 6.01. The van der Waals surface area contributed by atoms with Crippen LogP contribution in [0, 0.1) is 6.92 Å². The second-order valence-corrected chi connectivity index (χ2v) is 4.52. The summed E-state index contributed by atoms with van der Waals surface area (Å²) in [5.74, 6) is -1.41. The number of hydrogen-bond donors (Lipinski definition) is 2. The van der Waals surface area contributed by atoms with Crippen LogP contribution in [-0.2, 0) is 0 Å². The van der Waals surface area contributed by atoms with Crippen LogP contribution in [0.5, 0.6) is 0 Å². The van der Waals surface area contributed by atoms with Crippen molar-refractivity contribution in [1.29, 1.82) is 0 Å². The Morgan fingerprint density at radius 1 is 1.39 bits per heavy atom. The molecule has 6 heteroatoms. The third kappa shape index (κ3) is 2.72. The summed E-state index contributed by atoms with van der Waals surface area (Å²) in [6.07, 6.45) is 0. The Morgan fingerprint density at radius 2 is 2.17 bits per heavy atom. The molecule has 0 aliphatic heterocycles. The Kier molecular flexibility index (Phi) is 3.38. The van der Waals surface area contributed by atoms with Crippen molar-refractivity contribution < 1.29 is 14.7 Å². The zero-order valence-corrected chi connectivity index (χ0v) is 10.3. The van der Waals surface area contributed by atoms with E-state index in [0.29, 0.717) is 5.56 Å². The number of rotatable bonds is 3. The third-order valence-corrected chi connectivity index (χ3v) is 2.98. The fourth-order valence-corrected chi connectivity index (χ4v) is 2.06. The van der Waals surface area contributed by atoms with Gasteiger partial charge in [0.25, 0.3) is 5.91 Å². The number of hydrogen-bond acceptors (Lipinski definition) is 4. The first-order valence-electron chi connectivity index (χ1n) is 5.13. The molecule has 0 unspecified atom stereocenters. The predicted molar refractivity (Wildman–Crippen MR) is 68.2 cm³/mol. The number of carbonyl (C=O) groups excluding carboxylic acids is 1. The molecule has 0 saturated heterocycles. The monoisotopic (exact) mass is 262 g/mol. The number of carboxylic acid groups (broad SMARTS) is 1. The van der Waals surface area contributed by atoms with E-state index in [1.54, 1.807) is 18.2 Å². The molecule has 1 heterocycles. The molecule has 18 heavy (non-hydrogen) atoms. The Labute approximate surface area is 107 Å². The molecule has 0 fully saturated rings. The van der Waals surface area contributed by atoms with E-state index < -0.39 is 5.97 Å². The molecule has 0 radical (unpaired) electrons. The summed E-state index contributed by atoms with van der Waals surface area (Å²) in [4.78, 5) is 26.3. The van der Waals surface area contributed by atoms with Gasteiger partial charge < -0.3 is 5.11 Å². The van der Waals surface area contributed by atoms with E-state index in [1.165, 1.54) is 5.38 Å². The van der Waals surface area contributed by atoms with Gasteiger partial charge in [0, 0.05) is 10.9 Å². The first-order chi connectivity index (χ1) is 8.56. The molecule has 1 aromatic heterocycles. The molecule has 1 amide bonds. The fourth-order valence-electron chi connectivity index (χ4n) is 1.38. The van der Waals surface area contributed by atoms with Crippen LogP contribution in [0.2, 0.25) is 0 Å². The van der Waals surface area contributed by atoms with E-state index in [2.05, 4.69) is 10.3 Å². The van der Waals surface area contributed by atoms with Crippen molar-refractivity contribution in [3.63, 3.8) is 0 Å². The number of nitrogens with one attached hydrogen (secondary N) is 1. The smallest absolute Gasteiger partial charge is 0.355 e. The van der Waals surface area contributed by atoms with E-state index in [-0.39, 0.29) is 16.7 Å². The summed E-state index contributed by atoms with van der Waals surface area (Å²) in [5, 5.41) is 12.9. The number of anilines is 1. The van der Waals surface area contributed by atoms with E-state index >= 15 is 0 Å². The summed E-state index contributed by atoms with van der Waals surface area (Å²) in [6.45, 7) is 1.89. The van der Waals surface area contributed by atoms with Gasteiger partial charge in [0.05, 0.1) is 0 Å². The van der Waals surface area contributed by atoms with E-state index in [4.69, 9.17) is 5.11 Å². The summed E-state index contributed by atoms with van der Waals surface area (Å²) in [5.41, 5.74) is 1.43. The number of carbonyl (C=O) groups is 2. The maximum atomic E-state index is 11.9. The lowest BCUT2D eigenvalue weighted by Crippen LogP contribution is -2.12. The van der Waals surface area contributed by atoms with Gasteiger partial charge in [0.2, 0.25) is 0 Å². The topological polar surface area (TPSA) is 79.3 Å². The Morgan fingerprint density at radius 3 is 2.78 bits per heavy atom.